The second kappa shape index (κ2) is 5.63. The fraction of sp³-hybridized carbons (Fsp3) is 0.333. The van der Waals surface area contributed by atoms with Crippen molar-refractivity contribution in [3.8, 4) is 0 Å². The molecule has 90 valence electrons. The van der Waals surface area contributed by atoms with Crippen LogP contribution in [0, 0.1) is 0 Å². The van der Waals surface area contributed by atoms with Crippen LogP contribution in [0.25, 0.3) is 0 Å². The number of nitrogens with one attached hydrogen (secondary N) is 1. The van der Waals surface area contributed by atoms with Gasteiger partial charge in [0.2, 0.25) is 5.91 Å². The van der Waals surface area contributed by atoms with E-state index in [1.807, 2.05) is 35.3 Å². The first-order valence-corrected chi connectivity index (χ1v) is 6.48. The van der Waals surface area contributed by atoms with E-state index in [1.54, 1.807) is 17.5 Å². The van der Waals surface area contributed by atoms with Gasteiger partial charge in [0, 0.05) is 30.2 Å². The summed E-state index contributed by atoms with van der Waals surface area (Å²) in [5, 5.41) is 9.20. The van der Waals surface area contributed by atoms with Gasteiger partial charge in [-0.25, -0.2) is 0 Å². The molecule has 1 unspecified atom stereocenters. The van der Waals surface area contributed by atoms with Crippen LogP contribution < -0.4 is 5.32 Å². The van der Waals surface area contributed by atoms with E-state index in [0.717, 1.165) is 0 Å². The first-order chi connectivity index (χ1) is 8.31. The highest BCUT2D eigenvalue weighted by Gasteiger charge is 2.15. The highest BCUT2D eigenvalue weighted by atomic mass is 32.1. The Morgan fingerprint density at radius 1 is 1.59 bits per heavy atom. The minimum atomic E-state index is 0.0683. The smallest absolute Gasteiger partial charge is 0.219 e. The lowest BCUT2D eigenvalue weighted by Gasteiger charge is -2.16. The molecule has 0 saturated heterocycles. The van der Waals surface area contributed by atoms with Crippen molar-refractivity contribution in [2.24, 2.45) is 0 Å². The molecule has 2 aromatic heterocycles. The molecule has 1 N–H and O–H groups in total. The summed E-state index contributed by atoms with van der Waals surface area (Å²) in [6.45, 7) is 2.43. The topological polar surface area (TPSA) is 46.9 Å². The standard InChI is InChI=1S/C12H15N3OS/c1-2-12(16)13-9-10(11-5-3-8-17-11)15-7-4-6-14-15/h3-8,10H,2,9H2,1H3,(H,13,16). The molecule has 17 heavy (non-hydrogen) atoms. The largest absolute Gasteiger partial charge is 0.354 e. The van der Waals surface area contributed by atoms with Crippen molar-refractivity contribution in [3.63, 3.8) is 0 Å². The van der Waals surface area contributed by atoms with Crippen molar-refractivity contribution in [3.05, 3.63) is 40.8 Å². The molecule has 0 saturated carbocycles. The van der Waals surface area contributed by atoms with Gasteiger partial charge in [0.15, 0.2) is 0 Å². The quantitative estimate of drug-likeness (QED) is 0.881. The first-order valence-electron chi connectivity index (χ1n) is 5.60. The maximum atomic E-state index is 11.3. The van der Waals surface area contributed by atoms with E-state index in [1.165, 1.54) is 4.88 Å². The highest BCUT2D eigenvalue weighted by molar-refractivity contribution is 7.10. The number of hydrogen-bond donors (Lipinski definition) is 1. The molecule has 0 aromatic carbocycles. The fourth-order valence-corrected chi connectivity index (χ4v) is 2.43. The van der Waals surface area contributed by atoms with E-state index in [0.29, 0.717) is 13.0 Å². The van der Waals surface area contributed by atoms with Gasteiger partial charge in [-0.2, -0.15) is 5.10 Å². The second-order valence-corrected chi connectivity index (χ2v) is 4.65. The van der Waals surface area contributed by atoms with Crippen molar-refractivity contribution in [1.82, 2.24) is 15.1 Å². The normalized spacial score (nSPS) is 12.3. The van der Waals surface area contributed by atoms with Gasteiger partial charge in [0.1, 0.15) is 6.04 Å². The Morgan fingerprint density at radius 3 is 3.06 bits per heavy atom. The number of thiophene rings is 1. The molecule has 0 spiro atoms. The molecule has 1 atom stereocenters. The van der Waals surface area contributed by atoms with Crippen LogP contribution in [-0.2, 0) is 4.79 Å². The van der Waals surface area contributed by atoms with E-state index in [2.05, 4.69) is 16.5 Å². The number of aromatic nitrogens is 2. The predicted octanol–water partition coefficient (Wildman–Crippen LogP) is 2.06. The summed E-state index contributed by atoms with van der Waals surface area (Å²) in [5.41, 5.74) is 0. The zero-order valence-corrected chi connectivity index (χ0v) is 10.5. The summed E-state index contributed by atoms with van der Waals surface area (Å²) < 4.78 is 1.88. The molecule has 0 aliphatic heterocycles. The number of hydrogen-bond acceptors (Lipinski definition) is 3. The summed E-state index contributed by atoms with van der Waals surface area (Å²) in [6, 6.07) is 6.05. The van der Waals surface area contributed by atoms with Gasteiger partial charge in [-0.05, 0) is 17.5 Å². The number of amides is 1. The first kappa shape index (κ1) is 11.9. The lowest BCUT2D eigenvalue weighted by Crippen LogP contribution is -2.30. The van der Waals surface area contributed by atoms with Crippen LogP contribution >= 0.6 is 11.3 Å². The van der Waals surface area contributed by atoms with Crippen molar-refractivity contribution in [1.29, 1.82) is 0 Å². The van der Waals surface area contributed by atoms with Crippen LogP contribution in [0.4, 0.5) is 0 Å². The SMILES string of the molecule is CCC(=O)NCC(c1cccs1)n1cccn1. The molecule has 1 amide bonds. The lowest BCUT2D eigenvalue weighted by atomic mass is 10.2. The van der Waals surface area contributed by atoms with Gasteiger partial charge >= 0.3 is 0 Å². The van der Waals surface area contributed by atoms with Gasteiger partial charge in [-0.15, -0.1) is 11.3 Å². The van der Waals surface area contributed by atoms with Crippen molar-refractivity contribution in [2.45, 2.75) is 19.4 Å². The third-order valence-electron chi connectivity index (χ3n) is 2.53. The van der Waals surface area contributed by atoms with Crippen molar-refractivity contribution in [2.75, 3.05) is 6.54 Å². The molecular formula is C12H15N3OS. The summed E-state index contributed by atoms with van der Waals surface area (Å²) in [5.74, 6) is 0.0683. The third-order valence-corrected chi connectivity index (χ3v) is 3.50. The zero-order valence-electron chi connectivity index (χ0n) is 9.67. The van der Waals surface area contributed by atoms with Crippen molar-refractivity contribution >= 4 is 17.2 Å². The van der Waals surface area contributed by atoms with E-state index in [-0.39, 0.29) is 11.9 Å². The summed E-state index contributed by atoms with van der Waals surface area (Å²) in [6.07, 6.45) is 4.18. The zero-order chi connectivity index (χ0) is 12.1. The Balaban J connectivity index is 2.11. The van der Waals surface area contributed by atoms with Gasteiger partial charge in [-0.1, -0.05) is 13.0 Å². The average Bonchev–Trinajstić information content (AvgIpc) is 3.01. The average molecular weight is 249 g/mol. The van der Waals surface area contributed by atoms with E-state index in [9.17, 15) is 4.79 Å². The number of nitrogens with zero attached hydrogens (tertiary/aromatic N) is 2. The Labute approximate surface area is 104 Å². The Bertz CT molecular complexity index is 416. The molecule has 2 heterocycles. The molecule has 0 aliphatic rings. The third kappa shape index (κ3) is 2.94. The second-order valence-electron chi connectivity index (χ2n) is 3.67. The van der Waals surface area contributed by atoms with Gasteiger partial charge in [0.25, 0.3) is 0 Å². The molecule has 0 aliphatic carbocycles. The monoisotopic (exact) mass is 249 g/mol. The van der Waals surface area contributed by atoms with Gasteiger partial charge < -0.3 is 5.32 Å². The number of carbonyl (C=O) groups excluding carboxylic acids is 1. The van der Waals surface area contributed by atoms with Crippen LogP contribution in [0.5, 0.6) is 0 Å². The molecule has 0 radical (unpaired) electrons. The molecule has 0 bridgehead atoms. The van der Waals surface area contributed by atoms with Crippen LogP contribution in [0.15, 0.2) is 36.0 Å². The summed E-state index contributed by atoms with van der Waals surface area (Å²) in [7, 11) is 0. The molecular weight excluding hydrogens is 234 g/mol. The maximum absolute atomic E-state index is 11.3. The highest BCUT2D eigenvalue weighted by Crippen LogP contribution is 2.21. The van der Waals surface area contributed by atoms with Crippen LogP contribution in [0.1, 0.15) is 24.3 Å². The lowest BCUT2D eigenvalue weighted by molar-refractivity contribution is -0.120. The maximum Gasteiger partial charge on any atom is 0.219 e. The van der Waals surface area contributed by atoms with E-state index < -0.39 is 0 Å². The van der Waals surface area contributed by atoms with Crippen molar-refractivity contribution < 1.29 is 4.79 Å². The van der Waals surface area contributed by atoms with E-state index >= 15 is 0 Å². The predicted molar refractivity (Wildman–Crippen MR) is 68.0 cm³/mol. The minimum absolute atomic E-state index is 0.0683. The van der Waals surface area contributed by atoms with Crippen LogP contribution in [0.3, 0.4) is 0 Å². The molecule has 5 heteroatoms. The van der Waals surface area contributed by atoms with Gasteiger partial charge in [-0.3, -0.25) is 9.48 Å². The Kier molecular flexibility index (Phi) is 3.93. The summed E-state index contributed by atoms with van der Waals surface area (Å²) in [4.78, 5) is 12.5. The molecule has 2 rings (SSSR count). The Morgan fingerprint density at radius 2 is 2.47 bits per heavy atom. The van der Waals surface area contributed by atoms with Gasteiger partial charge in [0.05, 0.1) is 0 Å². The number of carbonyl (C=O) groups is 1. The minimum Gasteiger partial charge on any atom is -0.354 e. The molecule has 0 fully saturated rings. The molecule has 4 nitrogen and oxygen atoms in total. The van der Waals surface area contributed by atoms with E-state index in [4.69, 9.17) is 0 Å². The van der Waals surface area contributed by atoms with Crippen LogP contribution in [-0.4, -0.2) is 22.2 Å². The molecule has 2 aromatic rings. The number of rotatable bonds is 5. The van der Waals surface area contributed by atoms with Crippen LogP contribution in [0.2, 0.25) is 0 Å². The Hall–Kier alpha value is -1.62. The fourth-order valence-electron chi connectivity index (χ4n) is 1.61. The summed E-state index contributed by atoms with van der Waals surface area (Å²) >= 11 is 1.68.